The molecular formula is C25H24N4O2. The smallest absolute Gasteiger partial charge is 0.118 e. The average molecular weight is 412 g/mol. The highest BCUT2D eigenvalue weighted by Gasteiger charge is 2.24. The number of ether oxygens (including phenoxy) is 2. The standard InChI is InChI=1S/C25H24N4O2/c1-30-20-9-7-18(8-10-20)23-14-26-15-24(28-23)25-17-29(12-13-31-25)16-19-4-2-6-22-21(19)5-3-11-27-22/h2-11,14-15,25H,12-13,16-17H2,1H3/t25-/m1/s1. The second-order valence-electron chi connectivity index (χ2n) is 7.64. The minimum absolute atomic E-state index is 0.104. The minimum atomic E-state index is -0.104. The van der Waals surface area contributed by atoms with E-state index in [2.05, 4.69) is 39.1 Å². The van der Waals surface area contributed by atoms with Crippen LogP contribution in [0.4, 0.5) is 0 Å². The van der Waals surface area contributed by atoms with E-state index in [0.29, 0.717) is 6.61 Å². The summed E-state index contributed by atoms with van der Waals surface area (Å²) in [6, 6.07) is 18.3. The summed E-state index contributed by atoms with van der Waals surface area (Å²) in [5.41, 5.74) is 5.01. The molecule has 2 aromatic heterocycles. The molecule has 0 spiro atoms. The van der Waals surface area contributed by atoms with Gasteiger partial charge in [-0.2, -0.15) is 0 Å². The number of pyridine rings is 1. The Labute approximate surface area is 181 Å². The van der Waals surface area contributed by atoms with Crippen molar-refractivity contribution in [3.05, 3.63) is 84.4 Å². The van der Waals surface area contributed by atoms with E-state index in [1.807, 2.05) is 42.7 Å². The Morgan fingerprint density at radius 1 is 1.06 bits per heavy atom. The Bertz CT molecular complexity index is 1170. The zero-order chi connectivity index (χ0) is 21.0. The molecule has 1 atom stereocenters. The number of fused-ring (bicyclic) bond motifs is 1. The lowest BCUT2D eigenvalue weighted by atomic mass is 10.1. The molecular weight excluding hydrogens is 388 g/mol. The van der Waals surface area contributed by atoms with Crippen molar-refractivity contribution >= 4 is 10.9 Å². The summed E-state index contributed by atoms with van der Waals surface area (Å²) in [5, 5.41) is 1.20. The number of hydrogen-bond acceptors (Lipinski definition) is 6. The van der Waals surface area contributed by atoms with Crippen LogP contribution in [0.2, 0.25) is 0 Å². The van der Waals surface area contributed by atoms with Gasteiger partial charge in [-0.3, -0.25) is 14.9 Å². The number of benzene rings is 2. The van der Waals surface area contributed by atoms with Crippen molar-refractivity contribution in [3.63, 3.8) is 0 Å². The van der Waals surface area contributed by atoms with E-state index in [0.717, 1.165) is 47.9 Å². The van der Waals surface area contributed by atoms with Gasteiger partial charge in [0.2, 0.25) is 0 Å². The van der Waals surface area contributed by atoms with Crippen LogP contribution >= 0.6 is 0 Å². The predicted molar refractivity (Wildman–Crippen MR) is 120 cm³/mol. The third kappa shape index (κ3) is 4.26. The summed E-state index contributed by atoms with van der Waals surface area (Å²) in [7, 11) is 1.66. The average Bonchev–Trinajstić information content (AvgIpc) is 2.85. The van der Waals surface area contributed by atoms with Crippen LogP contribution in [0.5, 0.6) is 5.75 Å². The first-order valence-corrected chi connectivity index (χ1v) is 10.4. The van der Waals surface area contributed by atoms with Gasteiger partial charge in [0.15, 0.2) is 0 Å². The van der Waals surface area contributed by atoms with Crippen LogP contribution in [0, 0.1) is 0 Å². The van der Waals surface area contributed by atoms with Gasteiger partial charge in [-0.15, -0.1) is 0 Å². The number of nitrogens with zero attached hydrogens (tertiary/aromatic N) is 4. The Balaban J connectivity index is 1.34. The first-order valence-electron chi connectivity index (χ1n) is 10.4. The number of morpholine rings is 1. The predicted octanol–water partition coefficient (Wildman–Crippen LogP) is 4.27. The summed E-state index contributed by atoms with van der Waals surface area (Å²) in [5.74, 6) is 0.822. The summed E-state index contributed by atoms with van der Waals surface area (Å²) in [4.78, 5) is 16.2. The van der Waals surface area contributed by atoms with Crippen molar-refractivity contribution in [2.75, 3.05) is 26.8 Å². The van der Waals surface area contributed by atoms with Gasteiger partial charge in [-0.25, -0.2) is 4.98 Å². The fraction of sp³-hybridized carbons (Fsp3) is 0.240. The molecule has 2 aromatic carbocycles. The number of methoxy groups -OCH3 is 1. The zero-order valence-electron chi connectivity index (χ0n) is 17.4. The molecule has 0 aliphatic carbocycles. The van der Waals surface area contributed by atoms with Gasteiger partial charge in [0.25, 0.3) is 0 Å². The number of rotatable bonds is 5. The molecule has 0 saturated carbocycles. The van der Waals surface area contributed by atoms with E-state index in [-0.39, 0.29) is 6.10 Å². The highest BCUT2D eigenvalue weighted by atomic mass is 16.5. The van der Waals surface area contributed by atoms with Crippen LogP contribution < -0.4 is 4.74 Å². The molecule has 0 amide bonds. The Morgan fingerprint density at radius 3 is 2.84 bits per heavy atom. The third-order valence-electron chi connectivity index (χ3n) is 5.65. The summed E-state index contributed by atoms with van der Waals surface area (Å²) >= 11 is 0. The number of hydrogen-bond donors (Lipinski definition) is 0. The maximum Gasteiger partial charge on any atom is 0.118 e. The molecule has 1 fully saturated rings. The van der Waals surface area contributed by atoms with Crippen molar-refractivity contribution in [3.8, 4) is 17.0 Å². The molecule has 0 N–H and O–H groups in total. The van der Waals surface area contributed by atoms with Gasteiger partial charge >= 0.3 is 0 Å². The minimum Gasteiger partial charge on any atom is -0.497 e. The fourth-order valence-electron chi connectivity index (χ4n) is 4.01. The van der Waals surface area contributed by atoms with Crippen LogP contribution in [-0.2, 0) is 11.3 Å². The first-order chi connectivity index (χ1) is 15.3. The van der Waals surface area contributed by atoms with Gasteiger partial charge in [-0.1, -0.05) is 18.2 Å². The molecule has 1 saturated heterocycles. The lowest BCUT2D eigenvalue weighted by Gasteiger charge is -2.32. The molecule has 31 heavy (non-hydrogen) atoms. The van der Waals surface area contributed by atoms with E-state index < -0.39 is 0 Å². The highest BCUT2D eigenvalue weighted by Crippen LogP contribution is 2.26. The van der Waals surface area contributed by atoms with Gasteiger partial charge in [-0.05, 0) is 42.0 Å². The molecule has 0 radical (unpaired) electrons. The van der Waals surface area contributed by atoms with Gasteiger partial charge in [0.1, 0.15) is 11.9 Å². The molecule has 1 aliphatic rings. The lowest BCUT2D eigenvalue weighted by molar-refractivity contribution is -0.0349. The molecule has 6 heteroatoms. The van der Waals surface area contributed by atoms with E-state index >= 15 is 0 Å². The van der Waals surface area contributed by atoms with E-state index in [1.54, 1.807) is 13.3 Å². The zero-order valence-corrected chi connectivity index (χ0v) is 17.4. The lowest BCUT2D eigenvalue weighted by Crippen LogP contribution is -2.38. The second kappa shape index (κ2) is 8.79. The van der Waals surface area contributed by atoms with E-state index in [9.17, 15) is 0 Å². The van der Waals surface area contributed by atoms with Crippen LogP contribution in [0.3, 0.4) is 0 Å². The van der Waals surface area contributed by atoms with Crippen LogP contribution in [0.25, 0.3) is 22.2 Å². The Morgan fingerprint density at radius 2 is 1.97 bits per heavy atom. The maximum atomic E-state index is 6.07. The highest BCUT2D eigenvalue weighted by molar-refractivity contribution is 5.81. The number of aromatic nitrogens is 3. The van der Waals surface area contributed by atoms with Gasteiger partial charge in [0.05, 0.1) is 43.0 Å². The topological polar surface area (TPSA) is 60.4 Å². The normalized spacial score (nSPS) is 17.0. The van der Waals surface area contributed by atoms with Crippen LogP contribution in [0.1, 0.15) is 17.4 Å². The molecule has 4 aromatic rings. The van der Waals surface area contributed by atoms with Crippen LogP contribution in [0.15, 0.2) is 73.2 Å². The Kier molecular flexibility index (Phi) is 5.56. The fourth-order valence-corrected chi connectivity index (χ4v) is 4.01. The van der Waals surface area contributed by atoms with Crippen LogP contribution in [-0.4, -0.2) is 46.7 Å². The van der Waals surface area contributed by atoms with E-state index in [1.165, 1.54) is 10.9 Å². The van der Waals surface area contributed by atoms with Crippen molar-refractivity contribution in [1.29, 1.82) is 0 Å². The van der Waals surface area contributed by atoms with Gasteiger partial charge in [0, 0.05) is 36.8 Å². The monoisotopic (exact) mass is 412 g/mol. The molecule has 6 nitrogen and oxygen atoms in total. The Hall–Kier alpha value is -3.35. The summed E-state index contributed by atoms with van der Waals surface area (Å²) < 4.78 is 11.3. The second-order valence-corrected chi connectivity index (χ2v) is 7.64. The van der Waals surface area contributed by atoms with E-state index in [4.69, 9.17) is 14.5 Å². The van der Waals surface area contributed by atoms with Crippen molar-refractivity contribution < 1.29 is 9.47 Å². The van der Waals surface area contributed by atoms with Crippen molar-refractivity contribution in [2.24, 2.45) is 0 Å². The summed E-state index contributed by atoms with van der Waals surface area (Å²) in [6.07, 6.45) is 5.33. The molecule has 0 bridgehead atoms. The molecule has 1 aliphatic heterocycles. The summed E-state index contributed by atoms with van der Waals surface area (Å²) in [6.45, 7) is 3.19. The molecule has 3 heterocycles. The largest absolute Gasteiger partial charge is 0.497 e. The SMILES string of the molecule is COc1ccc(-c2cncc([C@H]3CN(Cc4cccc5ncccc45)CCO3)n2)cc1. The third-order valence-corrected chi connectivity index (χ3v) is 5.65. The quantitative estimate of drug-likeness (QED) is 0.488. The first kappa shape index (κ1) is 19.6. The van der Waals surface area contributed by atoms with Crippen molar-refractivity contribution in [1.82, 2.24) is 19.9 Å². The molecule has 0 unspecified atom stereocenters. The van der Waals surface area contributed by atoms with Gasteiger partial charge < -0.3 is 9.47 Å². The molecule has 156 valence electrons. The van der Waals surface area contributed by atoms with Crippen molar-refractivity contribution in [2.45, 2.75) is 12.6 Å². The maximum absolute atomic E-state index is 6.07. The molecule has 5 rings (SSSR count).